The second kappa shape index (κ2) is 8.61. The summed E-state index contributed by atoms with van der Waals surface area (Å²) in [5.74, 6) is -1.13. The minimum atomic E-state index is -4.42. The third-order valence-electron chi connectivity index (χ3n) is 4.94. The first kappa shape index (κ1) is 23.0. The summed E-state index contributed by atoms with van der Waals surface area (Å²) in [4.78, 5) is 19.7. The predicted octanol–water partition coefficient (Wildman–Crippen LogP) is 4.80. The van der Waals surface area contributed by atoms with Crippen molar-refractivity contribution in [2.24, 2.45) is 0 Å². The van der Waals surface area contributed by atoms with Crippen molar-refractivity contribution in [2.75, 3.05) is 10.6 Å². The van der Waals surface area contributed by atoms with Gasteiger partial charge in [0.25, 0.3) is 0 Å². The molecule has 34 heavy (non-hydrogen) atoms. The van der Waals surface area contributed by atoms with Gasteiger partial charge in [-0.2, -0.15) is 23.3 Å². The number of fused-ring (bicyclic) bond motifs is 1. The maximum Gasteiger partial charge on any atom is 0.408 e. The molecule has 0 saturated heterocycles. The van der Waals surface area contributed by atoms with Gasteiger partial charge in [0.2, 0.25) is 11.9 Å². The molecule has 12 heteroatoms. The molecule has 0 spiro atoms. The lowest BCUT2D eigenvalue weighted by atomic mass is 10.2. The van der Waals surface area contributed by atoms with Crippen LogP contribution in [0.5, 0.6) is 0 Å². The number of aryl methyl sites for hydroxylation is 2. The van der Waals surface area contributed by atoms with Crippen LogP contribution in [-0.2, 0) is 11.3 Å². The van der Waals surface area contributed by atoms with Gasteiger partial charge < -0.3 is 10.6 Å². The van der Waals surface area contributed by atoms with Crippen molar-refractivity contribution in [2.45, 2.75) is 26.6 Å². The number of carbonyl (C=O) groups is 1. The van der Waals surface area contributed by atoms with Crippen LogP contribution in [0.3, 0.4) is 0 Å². The van der Waals surface area contributed by atoms with E-state index in [1.54, 1.807) is 24.4 Å². The summed E-state index contributed by atoms with van der Waals surface area (Å²) in [6.45, 7) is 5.54. The molecule has 0 unspecified atom stereocenters. The van der Waals surface area contributed by atoms with E-state index in [2.05, 4.69) is 32.3 Å². The Balaban J connectivity index is 1.68. The molecule has 0 bridgehead atoms. The number of rotatable bonds is 6. The van der Waals surface area contributed by atoms with Crippen LogP contribution in [0.25, 0.3) is 16.7 Å². The van der Waals surface area contributed by atoms with Crippen LogP contribution >= 0.6 is 0 Å². The van der Waals surface area contributed by atoms with E-state index in [0.717, 1.165) is 27.9 Å². The van der Waals surface area contributed by atoms with Crippen LogP contribution in [0, 0.1) is 19.7 Å². The molecule has 0 saturated carbocycles. The Hall–Kier alpha value is -4.22. The average molecular weight is 473 g/mol. The SMILES string of the molecule is C=CC(=O)Nc1ccc2c(c1)c(C)cn2-c1nc(Nc2cn(CC(F)(F)F)nc2C)ncc1F. The molecule has 0 aliphatic carbocycles. The van der Waals surface area contributed by atoms with Gasteiger partial charge in [-0.25, -0.2) is 9.37 Å². The van der Waals surface area contributed by atoms with Gasteiger partial charge in [0, 0.05) is 23.5 Å². The molecule has 4 aromatic rings. The molecular formula is C22H19F4N7O. The van der Waals surface area contributed by atoms with E-state index >= 15 is 0 Å². The summed E-state index contributed by atoms with van der Waals surface area (Å²) in [5.41, 5.74) is 2.55. The van der Waals surface area contributed by atoms with E-state index in [4.69, 9.17) is 0 Å². The Morgan fingerprint density at radius 2 is 2.00 bits per heavy atom. The number of amides is 1. The molecule has 0 atom stereocenters. The number of aromatic nitrogens is 5. The standard InChI is InChI=1S/C22H19F4N7O/c1-4-19(34)28-14-5-6-18-15(7-14)12(2)9-33(18)20-16(23)8-27-21(30-20)29-17-10-32(31-13(17)3)11-22(24,25)26/h4-10H,1,11H2,2-3H3,(H,28,34)(H,27,29,30). The number of alkyl halides is 3. The zero-order valence-corrected chi connectivity index (χ0v) is 18.1. The molecule has 3 heterocycles. The number of benzene rings is 1. The average Bonchev–Trinajstić information content (AvgIpc) is 3.26. The Morgan fingerprint density at radius 3 is 2.71 bits per heavy atom. The molecule has 176 valence electrons. The third-order valence-corrected chi connectivity index (χ3v) is 4.94. The lowest BCUT2D eigenvalue weighted by Gasteiger charge is -2.09. The van der Waals surface area contributed by atoms with E-state index in [1.165, 1.54) is 17.7 Å². The molecule has 0 fully saturated rings. The van der Waals surface area contributed by atoms with Gasteiger partial charge in [0.15, 0.2) is 11.6 Å². The number of hydrogen-bond donors (Lipinski definition) is 2. The van der Waals surface area contributed by atoms with E-state index < -0.39 is 18.5 Å². The molecule has 0 radical (unpaired) electrons. The quantitative estimate of drug-likeness (QED) is 0.310. The van der Waals surface area contributed by atoms with Gasteiger partial charge >= 0.3 is 6.18 Å². The highest BCUT2D eigenvalue weighted by Gasteiger charge is 2.29. The van der Waals surface area contributed by atoms with E-state index in [0.29, 0.717) is 16.9 Å². The highest BCUT2D eigenvalue weighted by atomic mass is 19.4. The smallest absolute Gasteiger partial charge is 0.323 e. The van der Waals surface area contributed by atoms with Crippen molar-refractivity contribution in [3.63, 3.8) is 0 Å². The second-order valence-corrected chi connectivity index (χ2v) is 7.54. The van der Waals surface area contributed by atoms with Crippen LogP contribution in [-0.4, -0.2) is 36.4 Å². The summed E-state index contributed by atoms with van der Waals surface area (Å²) in [6.07, 6.45) is 0.577. The maximum atomic E-state index is 14.7. The Bertz CT molecular complexity index is 1400. The van der Waals surface area contributed by atoms with Crippen molar-refractivity contribution in [3.05, 3.63) is 66.5 Å². The molecule has 2 N–H and O–H groups in total. The number of hydrogen-bond acceptors (Lipinski definition) is 5. The van der Waals surface area contributed by atoms with Crippen LogP contribution in [0.2, 0.25) is 0 Å². The van der Waals surface area contributed by atoms with Crippen molar-refractivity contribution >= 4 is 34.1 Å². The van der Waals surface area contributed by atoms with Crippen LogP contribution in [0.4, 0.5) is 34.9 Å². The van der Waals surface area contributed by atoms with Gasteiger partial charge in [0.05, 0.1) is 23.1 Å². The van der Waals surface area contributed by atoms with Gasteiger partial charge in [-0.05, 0) is 43.7 Å². The van der Waals surface area contributed by atoms with Gasteiger partial charge in [-0.1, -0.05) is 6.58 Å². The minimum Gasteiger partial charge on any atom is -0.323 e. The maximum absolute atomic E-state index is 14.7. The first-order valence-electron chi connectivity index (χ1n) is 10.00. The highest BCUT2D eigenvalue weighted by Crippen LogP contribution is 2.28. The first-order valence-corrected chi connectivity index (χ1v) is 10.00. The summed E-state index contributed by atoms with van der Waals surface area (Å²) < 4.78 is 55.0. The zero-order valence-electron chi connectivity index (χ0n) is 18.1. The van der Waals surface area contributed by atoms with Crippen molar-refractivity contribution in [1.82, 2.24) is 24.3 Å². The fourth-order valence-corrected chi connectivity index (χ4v) is 3.45. The summed E-state index contributed by atoms with van der Waals surface area (Å²) in [7, 11) is 0. The summed E-state index contributed by atoms with van der Waals surface area (Å²) in [6, 6.07) is 5.12. The molecule has 1 amide bonds. The topological polar surface area (TPSA) is 89.7 Å². The van der Waals surface area contributed by atoms with Gasteiger partial charge in [-0.3, -0.25) is 14.0 Å². The number of nitrogens with one attached hydrogen (secondary N) is 2. The molecule has 1 aromatic carbocycles. The zero-order chi connectivity index (χ0) is 24.6. The fourth-order valence-electron chi connectivity index (χ4n) is 3.45. The van der Waals surface area contributed by atoms with Gasteiger partial charge in [0.1, 0.15) is 6.54 Å². The first-order chi connectivity index (χ1) is 16.0. The van der Waals surface area contributed by atoms with E-state index in [1.807, 2.05) is 6.92 Å². The van der Waals surface area contributed by atoms with Crippen LogP contribution in [0.1, 0.15) is 11.3 Å². The lowest BCUT2D eigenvalue weighted by Crippen LogP contribution is -2.17. The second-order valence-electron chi connectivity index (χ2n) is 7.54. The number of halogens is 4. The van der Waals surface area contributed by atoms with E-state index in [-0.39, 0.29) is 23.4 Å². The van der Waals surface area contributed by atoms with Crippen molar-refractivity contribution in [1.29, 1.82) is 0 Å². The predicted molar refractivity (Wildman–Crippen MR) is 119 cm³/mol. The molecule has 3 aromatic heterocycles. The Kier molecular flexibility index (Phi) is 5.82. The molecule has 8 nitrogen and oxygen atoms in total. The molecular weight excluding hydrogens is 454 g/mol. The summed E-state index contributed by atoms with van der Waals surface area (Å²) >= 11 is 0. The number of carbonyl (C=O) groups excluding carboxylic acids is 1. The largest absolute Gasteiger partial charge is 0.408 e. The minimum absolute atomic E-state index is 0.0135. The van der Waals surface area contributed by atoms with Crippen LogP contribution in [0.15, 0.2) is 49.4 Å². The lowest BCUT2D eigenvalue weighted by molar-refractivity contribution is -0.142. The Labute approximate surface area is 190 Å². The summed E-state index contributed by atoms with van der Waals surface area (Å²) in [5, 5.41) is 10.1. The molecule has 0 aliphatic rings. The monoisotopic (exact) mass is 473 g/mol. The highest BCUT2D eigenvalue weighted by molar-refractivity contribution is 6.00. The van der Waals surface area contributed by atoms with Crippen molar-refractivity contribution in [3.8, 4) is 5.82 Å². The van der Waals surface area contributed by atoms with E-state index in [9.17, 15) is 22.4 Å². The number of anilines is 3. The molecule has 4 rings (SSSR count). The Morgan fingerprint density at radius 1 is 1.24 bits per heavy atom. The van der Waals surface area contributed by atoms with Crippen LogP contribution < -0.4 is 10.6 Å². The fraction of sp³-hybridized carbons (Fsp3) is 0.182. The molecule has 0 aliphatic heterocycles. The van der Waals surface area contributed by atoms with Crippen molar-refractivity contribution < 1.29 is 22.4 Å². The van der Waals surface area contributed by atoms with Gasteiger partial charge in [-0.15, -0.1) is 0 Å². The normalized spacial score (nSPS) is 11.6. The number of nitrogens with zero attached hydrogens (tertiary/aromatic N) is 5. The third kappa shape index (κ3) is 4.75.